The lowest BCUT2D eigenvalue weighted by molar-refractivity contribution is -0.123. The summed E-state index contributed by atoms with van der Waals surface area (Å²) in [6, 6.07) is 13.8. The average Bonchev–Trinajstić information content (AvgIpc) is 2.64. The van der Waals surface area contributed by atoms with E-state index in [0.29, 0.717) is 16.5 Å². The average molecular weight is 351 g/mol. The number of carbonyl (C=O) groups excluding carboxylic acids is 2. The summed E-state index contributed by atoms with van der Waals surface area (Å²) in [5.74, 6) is -1.25. The van der Waals surface area contributed by atoms with Crippen molar-refractivity contribution in [3.63, 3.8) is 0 Å². The highest BCUT2D eigenvalue weighted by atomic mass is 16.5. The molecule has 3 rings (SSSR count). The Morgan fingerprint density at radius 3 is 2.42 bits per heavy atom. The molecule has 0 aliphatic heterocycles. The van der Waals surface area contributed by atoms with E-state index in [9.17, 15) is 14.4 Å². The topological polar surface area (TPSA) is 101 Å². The molecule has 7 nitrogen and oxygen atoms in total. The summed E-state index contributed by atoms with van der Waals surface area (Å²) < 4.78 is 5.21. The molecule has 2 N–H and O–H groups in total. The van der Waals surface area contributed by atoms with Crippen LogP contribution in [0.1, 0.15) is 23.0 Å². The minimum Gasteiger partial charge on any atom is -0.448 e. The third kappa shape index (κ3) is 3.61. The van der Waals surface area contributed by atoms with Gasteiger partial charge < -0.3 is 10.1 Å². The third-order valence-electron chi connectivity index (χ3n) is 3.86. The highest BCUT2D eigenvalue weighted by molar-refractivity contribution is 6.03. The number of nitrogens with one attached hydrogen (secondary N) is 2. The Bertz CT molecular complexity index is 1020. The summed E-state index contributed by atoms with van der Waals surface area (Å²) >= 11 is 0. The maximum Gasteiger partial charge on any atom is 0.360 e. The summed E-state index contributed by atoms with van der Waals surface area (Å²) in [6.45, 7) is 3.41. The van der Waals surface area contributed by atoms with E-state index in [1.54, 1.807) is 36.4 Å². The van der Waals surface area contributed by atoms with Gasteiger partial charge in [-0.3, -0.25) is 9.59 Å². The Morgan fingerprint density at radius 1 is 1.08 bits per heavy atom. The molecule has 0 bridgehead atoms. The van der Waals surface area contributed by atoms with E-state index < -0.39 is 23.5 Å². The lowest BCUT2D eigenvalue weighted by Crippen LogP contribution is -2.30. The zero-order valence-electron chi connectivity index (χ0n) is 14.3. The van der Waals surface area contributed by atoms with Gasteiger partial charge in [-0.05, 0) is 32.0 Å². The zero-order chi connectivity index (χ0) is 18.7. The van der Waals surface area contributed by atoms with Crippen molar-refractivity contribution in [2.75, 3.05) is 5.32 Å². The number of H-pyrrole nitrogens is 1. The number of anilines is 1. The van der Waals surface area contributed by atoms with Gasteiger partial charge in [0, 0.05) is 11.1 Å². The number of amides is 1. The molecule has 0 saturated heterocycles. The first-order valence-electron chi connectivity index (χ1n) is 8.01. The minimum atomic E-state index is -1.03. The fraction of sp³-hybridized carbons (Fsp3) is 0.158. The molecule has 0 fully saturated rings. The van der Waals surface area contributed by atoms with Gasteiger partial charge in [-0.25, -0.2) is 9.89 Å². The second-order valence-corrected chi connectivity index (χ2v) is 5.85. The highest BCUT2D eigenvalue weighted by Crippen LogP contribution is 2.15. The number of fused-ring (bicyclic) bond motifs is 1. The number of nitrogens with zero attached hydrogens (tertiary/aromatic N) is 1. The number of esters is 1. The monoisotopic (exact) mass is 351 g/mol. The van der Waals surface area contributed by atoms with Crippen molar-refractivity contribution in [3.05, 3.63) is 70.1 Å². The lowest BCUT2D eigenvalue weighted by Gasteiger charge is -2.14. The van der Waals surface area contributed by atoms with Gasteiger partial charge in [-0.2, -0.15) is 5.10 Å². The van der Waals surface area contributed by atoms with Crippen LogP contribution in [0.4, 0.5) is 5.69 Å². The number of hydrogen-bond acceptors (Lipinski definition) is 5. The van der Waals surface area contributed by atoms with Crippen LogP contribution in [-0.4, -0.2) is 28.2 Å². The van der Waals surface area contributed by atoms with Gasteiger partial charge in [-0.15, -0.1) is 0 Å². The van der Waals surface area contributed by atoms with E-state index in [4.69, 9.17) is 4.74 Å². The van der Waals surface area contributed by atoms with Gasteiger partial charge >= 0.3 is 5.97 Å². The number of aryl methyl sites for hydroxylation is 1. The maximum absolute atomic E-state index is 12.4. The van der Waals surface area contributed by atoms with Crippen molar-refractivity contribution in [1.29, 1.82) is 0 Å². The summed E-state index contributed by atoms with van der Waals surface area (Å²) in [7, 11) is 0. The van der Waals surface area contributed by atoms with Crippen LogP contribution in [0.5, 0.6) is 0 Å². The summed E-state index contributed by atoms with van der Waals surface area (Å²) in [5, 5.41) is 9.40. The van der Waals surface area contributed by atoms with Crippen LogP contribution in [-0.2, 0) is 9.53 Å². The highest BCUT2D eigenvalue weighted by Gasteiger charge is 2.22. The molecule has 0 saturated carbocycles. The van der Waals surface area contributed by atoms with E-state index in [2.05, 4.69) is 15.5 Å². The third-order valence-corrected chi connectivity index (χ3v) is 3.86. The van der Waals surface area contributed by atoms with Crippen molar-refractivity contribution in [1.82, 2.24) is 10.2 Å². The van der Waals surface area contributed by atoms with Crippen LogP contribution in [0.3, 0.4) is 0 Å². The first-order valence-corrected chi connectivity index (χ1v) is 8.01. The molecule has 7 heteroatoms. The molecule has 3 aromatic rings. The standard InChI is InChI=1S/C19H17N3O4/c1-11-7-9-13(10-8-11)20-17(23)12(2)26-19(25)16-14-5-3-4-6-15(14)18(24)22-21-16/h3-10,12H,1-2H3,(H,20,23)(H,22,24)/t12-/m0/s1. The summed E-state index contributed by atoms with van der Waals surface area (Å²) in [5.41, 5.74) is 1.23. The number of rotatable bonds is 4. The van der Waals surface area contributed by atoms with Crippen LogP contribution >= 0.6 is 0 Å². The fourth-order valence-electron chi connectivity index (χ4n) is 2.42. The molecular formula is C19H17N3O4. The normalized spacial score (nSPS) is 11.8. The van der Waals surface area contributed by atoms with Gasteiger partial charge in [0.05, 0.1) is 5.39 Å². The van der Waals surface area contributed by atoms with Gasteiger partial charge in [0.15, 0.2) is 11.8 Å². The van der Waals surface area contributed by atoms with Gasteiger partial charge in [0.2, 0.25) is 0 Å². The second kappa shape index (κ2) is 7.18. The molecule has 0 unspecified atom stereocenters. The zero-order valence-corrected chi connectivity index (χ0v) is 14.3. The van der Waals surface area contributed by atoms with E-state index in [0.717, 1.165) is 5.56 Å². The first-order chi connectivity index (χ1) is 12.5. The Balaban J connectivity index is 1.75. The first kappa shape index (κ1) is 17.3. The molecule has 2 aromatic carbocycles. The van der Waals surface area contributed by atoms with E-state index in [1.807, 2.05) is 19.1 Å². The van der Waals surface area contributed by atoms with Crippen molar-refractivity contribution in [2.45, 2.75) is 20.0 Å². The SMILES string of the molecule is Cc1ccc(NC(=O)[C@H](C)OC(=O)c2n[nH]c(=O)c3ccccc23)cc1. The van der Waals surface area contributed by atoms with Crippen molar-refractivity contribution in [3.8, 4) is 0 Å². The quantitative estimate of drug-likeness (QED) is 0.703. The molecule has 1 heterocycles. The number of aromatic nitrogens is 2. The molecule has 1 atom stereocenters. The van der Waals surface area contributed by atoms with Gasteiger partial charge in [0.25, 0.3) is 11.5 Å². The smallest absolute Gasteiger partial charge is 0.360 e. The number of aromatic amines is 1. The Hall–Kier alpha value is -3.48. The molecule has 1 aromatic heterocycles. The van der Waals surface area contributed by atoms with Gasteiger partial charge in [0.1, 0.15) is 0 Å². The van der Waals surface area contributed by atoms with Crippen molar-refractivity contribution < 1.29 is 14.3 Å². The molecule has 0 spiro atoms. The van der Waals surface area contributed by atoms with Crippen LogP contribution in [0.25, 0.3) is 10.8 Å². The van der Waals surface area contributed by atoms with Crippen LogP contribution < -0.4 is 10.9 Å². The molecule has 0 aliphatic rings. The summed E-state index contributed by atoms with van der Waals surface area (Å²) in [6.07, 6.45) is -1.03. The number of carbonyl (C=O) groups is 2. The molecular weight excluding hydrogens is 334 g/mol. The molecule has 1 amide bonds. The molecule has 26 heavy (non-hydrogen) atoms. The van der Waals surface area contributed by atoms with Crippen LogP contribution in [0.15, 0.2) is 53.3 Å². The number of hydrogen-bond donors (Lipinski definition) is 2. The van der Waals surface area contributed by atoms with Crippen LogP contribution in [0, 0.1) is 6.92 Å². The van der Waals surface area contributed by atoms with E-state index in [1.165, 1.54) is 6.92 Å². The predicted molar refractivity (Wildman–Crippen MR) is 97.0 cm³/mol. The molecule has 0 radical (unpaired) electrons. The van der Waals surface area contributed by atoms with Crippen LogP contribution in [0.2, 0.25) is 0 Å². The Morgan fingerprint density at radius 2 is 1.73 bits per heavy atom. The Kier molecular flexibility index (Phi) is 4.79. The fourth-order valence-corrected chi connectivity index (χ4v) is 2.42. The van der Waals surface area contributed by atoms with Crippen molar-refractivity contribution in [2.24, 2.45) is 0 Å². The summed E-state index contributed by atoms with van der Waals surface area (Å²) in [4.78, 5) is 36.4. The molecule has 132 valence electrons. The Labute approximate surface area is 149 Å². The lowest BCUT2D eigenvalue weighted by atomic mass is 10.1. The molecule has 0 aliphatic carbocycles. The minimum absolute atomic E-state index is 0.0461. The van der Waals surface area contributed by atoms with Gasteiger partial charge in [-0.1, -0.05) is 35.9 Å². The predicted octanol–water partition coefficient (Wildman–Crippen LogP) is 2.42. The second-order valence-electron chi connectivity index (χ2n) is 5.85. The van der Waals surface area contributed by atoms with E-state index >= 15 is 0 Å². The number of benzene rings is 2. The largest absolute Gasteiger partial charge is 0.448 e. The maximum atomic E-state index is 12.4. The van der Waals surface area contributed by atoms with Crippen molar-refractivity contribution >= 4 is 28.3 Å². The van der Waals surface area contributed by atoms with E-state index in [-0.39, 0.29) is 5.69 Å². The number of ether oxygens (including phenoxy) is 1.